The maximum absolute atomic E-state index is 13.5. The van der Waals surface area contributed by atoms with Gasteiger partial charge in [0.15, 0.2) is 0 Å². The molecule has 0 amide bonds. The first kappa shape index (κ1) is 29.4. The van der Waals surface area contributed by atoms with Gasteiger partial charge in [0, 0.05) is 41.6 Å². The first-order valence-corrected chi connectivity index (χ1v) is 16.2. The van der Waals surface area contributed by atoms with Crippen LogP contribution in [0.15, 0.2) is 89.2 Å². The third-order valence-corrected chi connectivity index (χ3v) is 9.16. The molecule has 0 bridgehead atoms. The average Bonchev–Trinajstić information content (AvgIpc) is 3.81. The van der Waals surface area contributed by atoms with E-state index in [1.807, 2.05) is 0 Å². The molecule has 5 aromatic rings. The van der Waals surface area contributed by atoms with E-state index in [1.54, 1.807) is 24.4 Å². The second-order valence-corrected chi connectivity index (χ2v) is 13.2. The number of halogens is 1. The van der Waals surface area contributed by atoms with Crippen molar-refractivity contribution in [2.24, 2.45) is 5.14 Å². The van der Waals surface area contributed by atoms with Gasteiger partial charge in [0.1, 0.15) is 28.5 Å². The number of fused-ring (bicyclic) bond motifs is 1. The van der Waals surface area contributed by atoms with Crippen molar-refractivity contribution < 1.29 is 30.7 Å². The minimum Gasteiger partial charge on any atom is -0.480 e. The molecule has 6 rings (SSSR count). The van der Waals surface area contributed by atoms with Gasteiger partial charge in [-0.2, -0.15) is 0 Å². The van der Waals surface area contributed by atoms with Gasteiger partial charge in [-0.25, -0.2) is 41.1 Å². The summed E-state index contributed by atoms with van der Waals surface area (Å²) in [4.78, 5) is 12.2. The van der Waals surface area contributed by atoms with Gasteiger partial charge in [0.2, 0.25) is 25.9 Å². The molecule has 12 nitrogen and oxygen atoms in total. The third-order valence-electron chi connectivity index (χ3n) is 6.73. The molecule has 0 saturated heterocycles. The summed E-state index contributed by atoms with van der Waals surface area (Å²) in [7, 11) is -6.77. The quantitative estimate of drug-likeness (QED) is 0.198. The van der Waals surface area contributed by atoms with Crippen molar-refractivity contribution in [3.05, 3.63) is 85.2 Å². The van der Waals surface area contributed by atoms with Crippen LogP contribution in [0.4, 0.5) is 15.8 Å². The van der Waals surface area contributed by atoms with Crippen molar-refractivity contribution in [3.63, 3.8) is 0 Å². The Morgan fingerprint density at radius 3 is 2.41 bits per heavy atom. The summed E-state index contributed by atoms with van der Waals surface area (Å²) in [6.45, 7) is 0. The number of nitrogens with one attached hydrogen (secondary N) is 2. The minimum atomic E-state index is -4.22. The summed E-state index contributed by atoms with van der Waals surface area (Å²) < 4.78 is 79.0. The molecule has 0 unspecified atom stereocenters. The Balaban J connectivity index is 1.49. The Hall–Kier alpha value is -4.70. The minimum absolute atomic E-state index is 0.0583. The summed E-state index contributed by atoms with van der Waals surface area (Å²) in [5.41, 5.74) is 2.00. The molecule has 0 atom stereocenters. The maximum Gasteiger partial charge on any atom is 0.244 e. The maximum atomic E-state index is 13.5. The first-order valence-electron chi connectivity index (χ1n) is 13.2. The number of sulfonamides is 2. The summed E-state index contributed by atoms with van der Waals surface area (Å²) >= 11 is 0. The van der Waals surface area contributed by atoms with Gasteiger partial charge in [-0.15, -0.1) is 0 Å². The number of rotatable bonds is 10. The van der Waals surface area contributed by atoms with Gasteiger partial charge < -0.3 is 14.8 Å². The molecule has 15 heteroatoms. The van der Waals surface area contributed by atoms with Crippen LogP contribution in [0.25, 0.3) is 22.0 Å². The Morgan fingerprint density at radius 1 is 0.932 bits per heavy atom. The van der Waals surface area contributed by atoms with Gasteiger partial charge in [-0.1, -0.05) is 12.1 Å². The lowest BCUT2D eigenvalue weighted by molar-refractivity contribution is 0.398. The Morgan fingerprint density at radius 2 is 1.70 bits per heavy atom. The molecular weight excluding hydrogens is 611 g/mol. The van der Waals surface area contributed by atoms with Gasteiger partial charge in [-0.3, -0.25) is 4.98 Å². The highest BCUT2D eigenvalue weighted by molar-refractivity contribution is 7.89. The van der Waals surface area contributed by atoms with Gasteiger partial charge in [0.05, 0.1) is 28.8 Å². The Bertz CT molecular complexity index is 2110. The van der Waals surface area contributed by atoms with E-state index >= 15 is 0 Å². The Kier molecular flexibility index (Phi) is 7.63. The first-order chi connectivity index (χ1) is 21.0. The predicted octanol–water partition coefficient (Wildman–Crippen LogP) is 4.46. The fourth-order valence-electron chi connectivity index (χ4n) is 4.49. The molecule has 2 heterocycles. The van der Waals surface area contributed by atoms with Gasteiger partial charge in [-0.05, 0) is 54.8 Å². The summed E-state index contributed by atoms with van der Waals surface area (Å²) in [6, 6.07) is 14.0. The summed E-state index contributed by atoms with van der Waals surface area (Å²) in [5, 5.41) is 8.95. The smallest absolute Gasteiger partial charge is 0.244 e. The van der Waals surface area contributed by atoms with E-state index in [4.69, 9.17) is 14.6 Å². The number of nitrogens with zero attached hydrogens (tertiary/aromatic N) is 3. The number of primary sulfonamides is 1. The number of nitrogens with two attached hydrogens (primary N) is 1. The normalized spacial score (nSPS) is 13.5. The predicted molar refractivity (Wildman–Crippen MR) is 160 cm³/mol. The molecule has 0 radical (unpaired) electrons. The van der Waals surface area contributed by atoms with Crippen molar-refractivity contribution in [1.29, 1.82) is 0 Å². The van der Waals surface area contributed by atoms with Crippen molar-refractivity contribution in [1.82, 2.24) is 19.7 Å². The van der Waals surface area contributed by atoms with Crippen molar-refractivity contribution >= 4 is 42.3 Å². The second kappa shape index (κ2) is 11.4. The van der Waals surface area contributed by atoms with E-state index in [2.05, 4.69) is 25.0 Å². The summed E-state index contributed by atoms with van der Waals surface area (Å²) in [6.07, 6.45) is 5.61. The van der Waals surface area contributed by atoms with Crippen LogP contribution in [0, 0.1) is 5.82 Å². The topological polar surface area (TPSA) is 175 Å². The monoisotopic (exact) mass is 636 g/mol. The van der Waals surface area contributed by atoms with Crippen LogP contribution in [0.3, 0.4) is 0 Å². The molecular formula is C29H25FN6O6S2. The molecule has 1 saturated carbocycles. The van der Waals surface area contributed by atoms with Crippen molar-refractivity contribution in [2.75, 3.05) is 12.4 Å². The number of anilines is 2. The average molecular weight is 637 g/mol. The van der Waals surface area contributed by atoms with E-state index < -0.39 is 25.9 Å². The van der Waals surface area contributed by atoms with Crippen LogP contribution in [0.2, 0.25) is 0 Å². The second-order valence-electron chi connectivity index (χ2n) is 9.99. The number of hydrogen-bond acceptors (Lipinski definition) is 10. The number of pyridine rings is 1. The molecule has 226 valence electrons. The fourth-order valence-corrected chi connectivity index (χ4v) is 6.48. The van der Waals surface area contributed by atoms with Gasteiger partial charge in [0.25, 0.3) is 0 Å². The van der Waals surface area contributed by atoms with E-state index in [9.17, 15) is 21.2 Å². The fraction of sp³-hybridized carbons (Fsp3) is 0.138. The number of ether oxygens (including phenoxy) is 2. The van der Waals surface area contributed by atoms with Crippen molar-refractivity contribution in [2.45, 2.75) is 28.7 Å². The van der Waals surface area contributed by atoms with Crippen LogP contribution in [0.1, 0.15) is 12.8 Å². The zero-order chi connectivity index (χ0) is 31.1. The highest BCUT2D eigenvalue weighted by Crippen LogP contribution is 2.38. The largest absolute Gasteiger partial charge is 0.480 e. The summed E-state index contributed by atoms with van der Waals surface area (Å²) in [5.74, 6) is 0.169. The Labute approximate surface area is 252 Å². The van der Waals surface area contributed by atoms with Crippen LogP contribution in [0.5, 0.6) is 17.4 Å². The SMILES string of the molecule is COc1ncncc1-c1ccc2c(Nc3cc(Oc4ccc(F)cc4)cc(S(N)(=O)=O)c3)c(S(=O)(=O)NC3CC3)cnc2c1. The lowest BCUT2D eigenvalue weighted by atomic mass is 10.0. The molecule has 1 aliphatic rings. The number of benzene rings is 3. The van der Waals surface area contributed by atoms with Gasteiger partial charge >= 0.3 is 0 Å². The molecule has 0 aliphatic heterocycles. The molecule has 44 heavy (non-hydrogen) atoms. The zero-order valence-electron chi connectivity index (χ0n) is 23.1. The molecule has 1 aliphatic carbocycles. The van der Waals surface area contributed by atoms with Crippen LogP contribution in [-0.2, 0) is 20.0 Å². The molecule has 4 N–H and O–H groups in total. The van der Waals surface area contributed by atoms with E-state index in [-0.39, 0.29) is 38.7 Å². The van der Waals surface area contributed by atoms with E-state index in [1.165, 1.54) is 62.1 Å². The van der Waals surface area contributed by atoms with Crippen molar-refractivity contribution in [3.8, 4) is 28.5 Å². The molecule has 2 aromatic heterocycles. The highest BCUT2D eigenvalue weighted by atomic mass is 32.2. The molecule has 0 spiro atoms. The van der Waals surface area contributed by atoms with E-state index in [0.717, 1.165) is 0 Å². The van der Waals surface area contributed by atoms with Crippen LogP contribution >= 0.6 is 0 Å². The van der Waals surface area contributed by atoms with E-state index in [0.29, 0.717) is 40.8 Å². The lowest BCUT2D eigenvalue weighted by Gasteiger charge is -2.17. The molecule has 3 aromatic carbocycles. The van der Waals surface area contributed by atoms with Crippen LogP contribution < -0.4 is 24.7 Å². The van der Waals surface area contributed by atoms with Crippen LogP contribution in [-0.4, -0.2) is 44.9 Å². The molecule has 1 fully saturated rings. The number of methoxy groups -OCH3 is 1. The standard InChI is InChI=1S/C29H25FN6O6S2/c1-41-29-25(14-32-16-34-29)17-2-9-24-26(10-17)33-15-27(44(39,40)36-19-5-6-19)28(24)35-20-11-22(13-23(12-20)43(31,37)38)42-21-7-3-18(30)4-8-21/h2-4,7-16,19,36H,5-6H2,1H3,(H,33,35)(H2,31,37,38). The number of hydrogen-bond donors (Lipinski definition) is 3. The zero-order valence-corrected chi connectivity index (χ0v) is 24.7. The highest BCUT2D eigenvalue weighted by Gasteiger charge is 2.31. The third kappa shape index (κ3) is 6.30. The number of aromatic nitrogens is 3. The lowest BCUT2D eigenvalue weighted by Crippen LogP contribution is -2.26.